The second-order valence-corrected chi connectivity index (χ2v) is 8.28. The maximum atomic E-state index is 13.3. The largest absolute Gasteiger partial charge is 0.383 e. The standard InChI is InChI=1S/C24H29FN2O2/c1-29-16-15-27-23(28)22(20-5-3-2-4-6-20)17-24(27)11-13-26(14-12-24)18-19-7-9-21(25)10-8-19/h2-10,22H,11-18H2,1H3. The topological polar surface area (TPSA) is 32.8 Å². The number of hydrogen-bond acceptors (Lipinski definition) is 3. The molecule has 1 atom stereocenters. The molecule has 0 N–H and O–H groups in total. The van der Waals surface area contributed by atoms with E-state index in [9.17, 15) is 9.18 Å². The van der Waals surface area contributed by atoms with E-state index in [1.807, 2.05) is 30.3 Å². The van der Waals surface area contributed by atoms with Gasteiger partial charge in [0.05, 0.1) is 12.5 Å². The number of hydrogen-bond donors (Lipinski definition) is 0. The van der Waals surface area contributed by atoms with Crippen LogP contribution in [0.25, 0.3) is 0 Å². The molecule has 2 aliphatic rings. The Hall–Kier alpha value is -2.24. The number of carbonyl (C=O) groups excluding carboxylic acids is 1. The maximum Gasteiger partial charge on any atom is 0.230 e. The molecule has 4 rings (SSSR count). The molecule has 2 fully saturated rings. The third kappa shape index (κ3) is 4.21. The lowest BCUT2D eigenvalue weighted by molar-refractivity contribution is -0.134. The van der Waals surface area contributed by atoms with Crippen LogP contribution in [0.5, 0.6) is 0 Å². The Bertz CT molecular complexity index is 817. The van der Waals surface area contributed by atoms with E-state index in [2.05, 4.69) is 21.9 Å². The highest BCUT2D eigenvalue weighted by atomic mass is 19.1. The Kier molecular flexibility index (Phi) is 5.97. The van der Waals surface area contributed by atoms with Crippen molar-refractivity contribution >= 4 is 5.91 Å². The molecule has 1 spiro atoms. The smallest absolute Gasteiger partial charge is 0.230 e. The van der Waals surface area contributed by atoms with Crippen LogP contribution in [0.1, 0.15) is 36.3 Å². The van der Waals surface area contributed by atoms with Crippen LogP contribution in [0.2, 0.25) is 0 Å². The van der Waals surface area contributed by atoms with Gasteiger partial charge in [-0.15, -0.1) is 0 Å². The number of amides is 1. The summed E-state index contributed by atoms with van der Waals surface area (Å²) in [5.74, 6) is -0.0199. The van der Waals surface area contributed by atoms with Gasteiger partial charge in [-0.25, -0.2) is 4.39 Å². The van der Waals surface area contributed by atoms with Crippen molar-refractivity contribution in [3.8, 4) is 0 Å². The fourth-order valence-electron chi connectivity index (χ4n) is 4.92. The summed E-state index contributed by atoms with van der Waals surface area (Å²) in [6.07, 6.45) is 2.81. The van der Waals surface area contributed by atoms with Gasteiger partial charge in [-0.2, -0.15) is 0 Å². The van der Waals surface area contributed by atoms with Gasteiger partial charge in [-0.05, 0) is 42.5 Å². The summed E-state index contributed by atoms with van der Waals surface area (Å²) in [7, 11) is 1.69. The molecule has 2 saturated heterocycles. The molecule has 154 valence electrons. The third-order valence-corrected chi connectivity index (χ3v) is 6.55. The van der Waals surface area contributed by atoms with Crippen molar-refractivity contribution in [1.82, 2.24) is 9.80 Å². The molecular weight excluding hydrogens is 367 g/mol. The lowest BCUT2D eigenvalue weighted by Gasteiger charge is -2.45. The Morgan fingerprint density at radius 1 is 1.07 bits per heavy atom. The van der Waals surface area contributed by atoms with Crippen molar-refractivity contribution in [3.63, 3.8) is 0 Å². The van der Waals surface area contributed by atoms with E-state index in [1.165, 1.54) is 12.1 Å². The zero-order valence-corrected chi connectivity index (χ0v) is 17.0. The molecule has 0 bridgehead atoms. The Morgan fingerprint density at radius 3 is 2.41 bits per heavy atom. The van der Waals surface area contributed by atoms with E-state index in [4.69, 9.17) is 4.74 Å². The summed E-state index contributed by atoms with van der Waals surface area (Å²) in [6.45, 7) is 3.92. The Morgan fingerprint density at radius 2 is 1.76 bits per heavy atom. The van der Waals surface area contributed by atoms with Crippen LogP contribution in [-0.4, -0.2) is 54.6 Å². The Labute approximate surface area is 172 Å². The number of ether oxygens (including phenoxy) is 1. The molecule has 1 amide bonds. The minimum absolute atomic E-state index is 0.0586. The van der Waals surface area contributed by atoms with Crippen LogP contribution in [0, 0.1) is 5.82 Å². The van der Waals surface area contributed by atoms with E-state index in [-0.39, 0.29) is 23.2 Å². The molecule has 2 aliphatic heterocycles. The number of piperidine rings is 1. The number of likely N-dealkylation sites (tertiary alicyclic amines) is 2. The highest BCUT2D eigenvalue weighted by molar-refractivity contribution is 5.87. The summed E-state index contributed by atoms with van der Waals surface area (Å²) in [6, 6.07) is 16.9. The van der Waals surface area contributed by atoms with Crippen LogP contribution in [0.15, 0.2) is 54.6 Å². The molecule has 5 heteroatoms. The van der Waals surface area contributed by atoms with Crippen LogP contribution in [0.3, 0.4) is 0 Å². The highest BCUT2D eigenvalue weighted by Gasteiger charge is 2.51. The molecule has 0 saturated carbocycles. The fraction of sp³-hybridized carbons (Fsp3) is 0.458. The molecule has 4 nitrogen and oxygen atoms in total. The zero-order valence-electron chi connectivity index (χ0n) is 17.0. The van der Waals surface area contributed by atoms with Gasteiger partial charge in [0.1, 0.15) is 5.82 Å². The van der Waals surface area contributed by atoms with Crippen molar-refractivity contribution in [2.75, 3.05) is 33.4 Å². The van der Waals surface area contributed by atoms with Gasteiger partial charge in [-0.3, -0.25) is 9.69 Å². The van der Waals surface area contributed by atoms with Gasteiger partial charge in [0, 0.05) is 38.8 Å². The van der Waals surface area contributed by atoms with Crippen LogP contribution >= 0.6 is 0 Å². The molecule has 2 aromatic rings. The number of benzene rings is 2. The minimum atomic E-state index is -0.198. The number of carbonyl (C=O) groups is 1. The zero-order chi connectivity index (χ0) is 20.3. The van der Waals surface area contributed by atoms with Gasteiger partial charge in [0.15, 0.2) is 0 Å². The number of nitrogens with zero attached hydrogens (tertiary/aromatic N) is 2. The Balaban J connectivity index is 1.47. The van der Waals surface area contributed by atoms with Crippen molar-refractivity contribution in [3.05, 3.63) is 71.5 Å². The lowest BCUT2D eigenvalue weighted by atomic mass is 9.81. The normalized spacial score (nSPS) is 21.8. The average molecular weight is 397 g/mol. The van der Waals surface area contributed by atoms with E-state index in [0.717, 1.165) is 50.0 Å². The predicted molar refractivity (Wildman–Crippen MR) is 111 cm³/mol. The second-order valence-electron chi connectivity index (χ2n) is 8.28. The monoisotopic (exact) mass is 396 g/mol. The fourth-order valence-corrected chi connectivity index (χ4v) is 4.92. The number of rotatable bonds is 6. The van der Waals surface area contributed by atoms with E-state index >= 15 is 0 Å². The van der Waals surface area contributed by atoms with Gasteiger partial charge in [0.25, 0.3) is 0 Å². The summed E-state index contributed by atoms with van der Waals surface area (Å²) < 4.78 is 18.5. The first-order valence-electron chi connectivity index (χ1n) is 10.4. The van der Waals surface area contributed by atoms with Gasteiger partial charge in [-0.1, -0.05) is 42.5 Å². The second kappa shape index (κ2) is 8.64. The van der Waals surface area contributed by atoms with Crippen LogP contribution < -0.4 is 0 Å². The SMILES string of the molecule is COCCN1C(=O)C(c2ccccc2)CC12CCN(Cc1ccc(F)cc1)CC2. The molecule has 1 unspecified atom stereocenters. The third-order valence-electron chi connectivity index (χ3n) is 6.55. The first kappa shape index (κ1) is 20.0. The molecule has 2 aromatic carbocycles. The van der Waals surface area contributed by atoms with E-state index in [1.54, 1.807) is 7.11 Å². The van der Waals surface area contributed by atoms with Gasteiger partial charge >= 0.3 is 0 Å². The summed E-state index contributed by atoms with van der Waals surface area (Å²) >= 11 is 0. The first-order valence-corrected chi connectivity index (χ1v) is 10.4. The molecule has 0 aromatic heterocycles. The van der Waals surface area contributed by atoms with Gasteiger partial charge < -0.3 is 9.64 Å². The molecule has 2 heterocycles. The average Bonchev–Trinajstić information content (AvgIpc) is 3.02. The maximum absolute atomic E-state index is 13.3. The van der Waals surface area contributed by atoms with Crippen molar-refractivity contribution < 1.29 is 13.9 Å². The van der Waals surface area contributed by atoms with Crippen molar-refractivity contribution in [2.24, 2.45) is 0 Å². The highest BCUT2D eigenvalue weighted by Crippen LogP contribution is 2.45. The number of halogens is 1. The van der Waals surface area contributed by atoms with E-state index in [0.29, 0.717) is 13.2 Å². The molecular formula is C24H29FN2O2. The quantitative estimate of drug-likeness (QED) is 0.744. The van der Waals surface area contributed by atoms with Gasteiger partial charge in [0.2, 0.25) is 5.91 Å². The lowest BCUT2D eigenvalue weighted by Crippen LogP contribution is -2.53. The van der Waals surface area contributed by atoms with E-state index < -0.39 is 0 Å². The summed E-state index contributed by atoms with van der Waals surface area (Å²) in [4.78, 5) is 17.8. The molecule has 29 heavy (non-hydrogen) atoms. The number of methoxy groups -OCH3 is 1. The van der Waals surface area contributed by atoms with Crippen molar-refractivity contribution in [2.45, 2.75) is 37.3 Å². The van der Waals surface area contributed by atoms with Crippen LogP contribution in [0.4, 0.5) is 4.39 Å². The van der Waals surface area contributed by atoms with Crippen molar-refractivity contribution in [1.29, 1.82) is 0 Å². The summed E-state index contributed by atoms with van der Waals surface area (Å²) in [5.41, 5.74) is 2.16. The molecule has 0 aliphatic carbocycles. The first-order chi connectivity index (χ1) is 14.1. The summed E-state index contributed by atoms with van der Waals surface area (Å²) in [5, 5.41) is 0. The van der Waals surface area contributed by atoms with Crippen LogP contribution in [-0.2, 0) is 16.1 Å². The predicted octanol–water partition coefficient (Wildman–Crippen LogP) is 3.82. The minimum Gasteiger partial charge on any atom is -0.383 e. The molecule has 0 radical (unpaired) electrons.